The van der Waals surface area contributed by atoms with Gasteiger partial charge in [0.15, 0.2) is 0 Å². The average molecular weight is 377 g/mol. The van der Waals surface area contributed by atoms with E-state index in [1.54, 1.807) is 18.2 Å². The van der Waals surface area contributed by atoms with Crippen LogP contribution in [0.4, 0.5) is 11.4 Å². The third-order valence-electron chi connectivity index (χ3n) is 7.69. The Balaban J connectivity index is 1.41. The van der Waals surface area contributed by atoms with Crippen molar-refractivity contribution in [2.45, 2.75) is 51.0 Å². The maximum Gasteiger partial charge on any atom is 0.119 e. The van der Waals surface area contributed by atoms with Gasteiger partial charge in [0, 0.05) is 24.0 Å². The number of anilines is 2. The molecule has 28 heavy (non-hydrogen) atoms. The summed E-state index contributed by atoms with van der Waals surface area (Å²) in [7, 11) is 1.71. The van der Waals surface area contributed by atoms with Crippen LogP contribution in [-0.4, -0.2) is 31.1 Å². The summed E-state index contributed by atoms with van der Waals surface area (Å²) in [4.78, 5) is 2.82. The molecule has 1 unspecified atom stereocenters. The number of rotatable bonds is 5. The lowest BCUT2D eigenvalue weighted by molar-refractivity contribution is 0.0284. The average Bonchev–Trinajstić information content (AvgIpc) is 3.52. The summed E-state index contributed by atoms with van der Waals surface area (Å²) < 4.78 is 5.27. The first kappa shape index (κ1) is 18.1. The summed E-state index contributed by atoms with van der Waals surface area (Å²) in [5.74, 6) is 2.58. The van der Waals surface area contributed by atoms with Gasteiger partial charge in [-0.25, -0.2) is 0 Å². The predicted molar refractivity (Wildman–Crippen MR) is 116 cm³/mol. The van der Waals surface area contributed by atoms with E-state index in [0.29, 0.717) is 12.0 Å². The van der Waals surface area contributed by atoms with Crippen LogP contribution in [0.25, 0.3) is 0 Å². The van der Waals surface area contributed by atoms with Crippen LogP contribution in [0.3, 0.4) is 0 Å². The molecule has 2 bridgehead atoms. The van der Waals surface area contributed by atoms with Crippen LogP contribution in [0, 0.1) is 11.8 Å². The highest BCUT2D eigenvalue weighted by molar-refractivity contribution is 5.63. The van der Waals surface area contributed by atoms with E-state index in [2.05, 4.69) is 54.4 Å². The zero-order chi connectivity index (χ0) is 19.3. The van der Waals surface area contributed by atoms with Crippen LogP contribution in [0.2, 0.25) is 0 Å². The van der Waals surface area contributed by atoms with E-state index >= 15 is 0 Å². The Kier molecular flexibility index (Phi) is 4.39. The standard InChI is InChI=1S/C25H32N2O/c1-17-24-14-19-6-7-21(26-20-8-10-22(28-3)11-9-20)15-23(19)25(17,2)12-13-27(24)16-18-4-5-18/h6-11,15,17-18,24,26H,4-5,12-14,16H2,1-3H3/t17-,24?,25-/m0/s1. The number of benzene rings is 2. The van der Waals surface area contributed by atoms with Gasteiger partial charge in [0.25, 0.3) is 0 Å². The molecule has 2 aromatic carbocycles. The number of methoxy groups -OCH3 is 1. The molecule has 5 rings (SSSR count). The van der Waals surface area contributed by atoms with Gasteiger partial charge in [0.2, 0.25) is 0 Å². The van der Waals surface area contributed by atoms with Crippen molar-refractivity contribution in [1.29, 1.82) is 0 Å². The van der Waals surface area contributed by atoms with Crippen LogP contribution < -0.4 is 10.1 Å². The maximum atomic E-state index is 5.27. The van der Waals surface area contributed by atoms with E-state index in [4.69, 9.17) is 4.74 Å². The van der Waals surface area contributed by atoms with Crippen LogP contribution in [0.1, 0.15) is 44.2 Å². The normalized spacial score (nSPS) is 29.2. The van der Waals surface area contributed by atoms with E-state index in [1.807, 2.05) is 12.1 Å². The molecule has 0 amide bonds. The monoisotopic (exact) mass is 376 g/mol. The smallest absolute Gasteiger partial charge is 0.119 e. The topological polar surface area (TPSA) is 24.5 Å². The van der Waals surface area contributed by atoms with Gasteiger partial charge < -0.3 is 10.1 Å². The number of likely N-dealkylation sites (tertiary alicyclic amines) is 1. The fourth-order valence-electron chi connectivity index (χ4n) is 5.48. The van der Waals surface area contributed by atoms with E-state index < -0.39 is 0 Å². The minimum absolute atomic E-state index is 0.288. The zero-order valence-electron chi connectivity index (χ0n) is 17.4. The molecule has 0 aromatic heterocycles. The second-order valence-corrected chi connectivity index (χ2v) is 9.39. The quantitative estimate of drug-likeness (QED) is 0.759. The largest absolute Gasteiger partial charge is 0.497 e. The lowest BCUT2D eigenvalue weighted by atomic mass is 9.59. The summed E-state index contributed by atoms with van der Waals surface area (Å²) in [5.41, 5.74) is 5.71. The van der Waals surface area contributed by atoms with E-state index in [0.717, 1.165) is 17.4 Å². The fourth-order valence-corrected chi connectivity index (χ4v) is 5.48. The summed E-state index contributed by atoms with van der Waals surface area (Å²) in [5, 5.41) is 3.59. The molecule has 1 N–H and O–H groups in total. The second kappa shape index (κ2) is 6.81. The molecule has 2 aliphatic carbocycles. The van der Waals surface area contributed by atoms with Crippen molar-refractivity contribution in [1.82, 2.24) is 4.90 Å². The van der Waals surface area contributed by atoms with E-state index in [1.165, 1.54) is 44.5 Å². The molecule has 2 fully saturated rings. The first-order valence-electron chi connectivity index (χ1n) is 10.9. The Labute approximate surface area is 169 Å². The fraction of sp³-hybridized carbons (Fsp3) is 0.520. The number of nitrogens with one attached hydrogen (secondary N) is 1. The predicted octanol–water partition coefficient (Wildman–Crippen LogP) is 5.37. The Bertz CT molecular complexity index is 857. The van der Waals surface area contributed by atoms with Gasteiger partial charge in [-0.15, -0.1) is 0 Å². The molecule has 1 saturated carbocycles. The molecule has 1 heterocycles. The number of nitrogens with zero attached hydrogens (tertiary/aromatic N) is 1. The summed E-state index contributed by atoms with van der Waals surface area (Å²) in [6.45, 7) is 7.60. The van der Waals surface area contributed by atoms with Gasteiger partial charge in [-0.2, -0.15) is 0 Å². The summed E-state index contributed by atoms with van der Waals surface area (Å²) >= 11 is 0. The highest BCUT2D eigenvalue weighted by Crippen LogP contribution is 2.50. The van der Waals surface area contributed by atoms with Crippen LogP contribution >= 0.6 is 0 Å². The third kappa shape index (κ3) is 3.10. The summed E-state index contributed by atoms with van der Waals surface area (Å²) in [6.07, 6.45) is 5.38. The van der Waals surface area contributed by atoms with Gasteiger partial charge in [0.1, 0.15) is 5.75 Å². The van der Waals surface area contributed by atoms with Crippen LogP contribution in [-0.2, 0) is 11.8 Å². The molecule has 0 radical (unpaired) electrons. The lowest BCUT2D eigenvalue weighted by Crippen LogP contribution is -2.58. The molecular formula is C25H32N2O. The Morgan fingerprint density at radius 1 is 1.11 bits per heavy atom. The van der Waals surface area contributed by atoms with Gasteiger partial charge >= 0.3 is 0 Å². The zero-order valence-corrected chi connectivity index (χ0v) is 17.4. The maximum absolute atomic E-state index is 5.27. The molecular weight excluding hydrogens is 344 g/mol. The van der Waals surface area contributed by atoms with Gasteiger partial charge in [-0.05, 0) is 97.0 Å². The number of fused-ring (bicyclic) bond motifs is 4. The van der Waals surface area contributed by atoms with Crippen molar-refractivity contribution in [2.24, 2.45) is 11.8 Å². The first-order valence-corrected chi connectivity index (χ1v) is 10.9. The molecule has 3 heteroatoms. The SMILES string of the molecule is COc1ccc(Nc2ccc3c(c2)[C@@]2(C)CCN(CC4CC4)C(C3)[C@@H]2C)cc1. The van der Waals surface area contributed by atoms with Crippen molar-refractivity contribution in [2.75, 3.05) is 25.5 Å². The Morgan fingerprint density at radius 3 is 2.57 bits per heavy atom. The van der Waals surface area contributed by atoms with Gasteiger partial charge in [-0.1, -0.05) is 19.9 Å². The van der Waals surface area contributed by atoms with Crippen molar-refractivity contribution < 1.29 is 4.74 Å². The molecule has 3 nitrogen and oxygen atoms in total. The molecule has 3 atom stereocenters. The van der Waals surface area contributed by atoms with E-state index in [9.17, 15) is 0 Å². The highest BCUT2D eigenvalue weighted by atomic mass is 16.5. The lowest BCUT2D eigenvalue weighted by Gasteiger charge is -2.55. The minimum atomic E-state index is 0.288. The molecule has 2 aromatic rings. The Morgan fingerprint density at radius 2 is 1.86 bits per heavy atom. The number of hydrogen-bond donors (Lipinski definition) is 1. The highest BCUT2D eigenvalue weighted by Gasteiger charge is 2.48. The number of ether oxygens (including phenoxy) is 1. The first-order chi connectivity index (χ1) is 13.6. The van der Waals surface area contributed by atoms with Crippen LogP contribution in [0.15, 0.2) is 42.5 Å². The van der Waals surface area contributed by atoms with Crippen molar-refractivity contribution in [3.8, 4) is 5.75 Å². The van der Waals surface area contributed by atoms with Gasteiger partial charge in [-0.3, -0.25) is 4.90 Å². The summed E-state index contributed by atoms with van der Waals surface area (Å²) in [6, 6.07) is 15.9. The van der Waals surface area contributed by atoms with Crippen molar-refractivity contribution >= 4 is 11.4 Å². The second-order valence-electron chi connectivity index (χ2n) is 9.39. The molecule has 3 aliphatic rings. The molecule has 0 spiro atoms. The van der Waals surface area contributed by atoms with Gasteiger partial charge in [0.05, 0.1) is 7.11 Å². The molecule has 1 aliphatic heterocycles. The van der Waals surface area contributed by atoms with Crippen molar-refractivity contribution in [3.05, 3.63) is 53.6 Å². The van der Waals surface area contributed by atoms with Crippen molar-refractivity contribution in [3.63, 3.8) is 0 Å². The Hall–Kier alpha value is -2.00. The van der Waals surface area contributed by atoms with Crippen LogP contribution in [0.5, 0.6) is 5.75 Å². The molecule has 1 saturated heterocycles. The minimum Gasteiger partial charge on any atom is -0.497 e. The third-order valence-corrected chi connectivity index (χ3v) is 7.69. The number of piperidine rings is 1. The number of hydrogen-bond acceptors (Lipinski definition) is 3. The molecule has 148 valence electrons. The van der Waals surface area contributed by atoms with E-state index in [-0.39, 0.29) is 5.41 Å².